The molecule has 0 N–H and O–H groups in total. The van der Waals surface area contributed by atoms with Crippen LogP contribution in [0, 0.1) is 0 Å². The van der Waals surface area contributed by atoms with Crippen LogP contribution in [-0.2, 0) is 24.3 Å². The van der Waals surface area contributed by atoms with Crippen LogP contribution in [-0.4, -0.2) is 10.5 Å². The minimum atomic E-state index is -0.962. The summed E-state index contributed by atoms with van der Waals surface area (Å²) in [5.41, 5.74) is 0. The number of carboxylic acid groups (broad SMARTS) is 1. The lowest BCUT2D eigenvalue weighted by Gasteiger charge is -2.04. The highest BCUT2D eigenvalue weighted by Crippen LogP contribution is 2.03. The molecular formula is C13H22N2O2. The Bertz CT molecular complexity index is 358. The molecule has 0 aliphatic rings. The van der Waals surface area contributed by atoms with Crippen LogP contribution in [0.5, 0.6) is 0 Å². The average Bonchev–Trinajstić information content (AvgIpc) is 2.68. The molecule has 0 aliphatic carbocycles. The van der Waals surface area contributed by atoms with Crippen LogP contribution in [0.1, 0.15) is 45.4 Å². The zero-order valence-electron chi connectivity index (χ0n) is 10.8. The normalized spacial score (nSPS) is 10.7. The van der Waals surface area contributed by atoms with Crippen molar-refractivity contribution < 1.29 is 14.5 Å². The molecule has 0 atom stereocenters. The Kier molecular flexibility index (Phi) is 5.73. The third-order valence-corrected chi connectivity index (χ3v) is 2.96. The maximum absolute atomic E-state index is 10.4. The molecule has 0 saturated carbocycles. The summed E-state index contributed by atoms with van der Waals surface area (Å²) in [6, 6.07) is 0. The fourth-order valence-electron chi connectivity index (χ4n) is 2.01. The van der Waals surface area contributed by atoms with Crippen LogP contribution in [0.3, 0.4) is 0 Å². The van der Waals surface area contributed by atoms with Crippen molar-refractivity contribution in [1.82, 2.24) is 4.57 Å². The summed E-state index contributed by atoms with van der Waals surface area (Å²) in [4.78, 5) is 10.4. The van der Waals surface area contributed by atoms with E-state index in [2.05, 4.69) is 29.2 Å². The Labute approximate surface area is 103 Å². The fourth-order valence-corrected chi connectivity index (χ4v) is 2.01. The zero-order chi connectivity index (χ0) is 12.7. The first kappa shape index (κ1) is 13.7. The van der Waals surface area contributed by atoms with E-state index in [1.54, 1.807) is 0 Å². The molecule has 0 aromatic carbocycles. The third kappa shape index (κ3) is 4.21. The summed E-state index contributed by atoms with van der Waals surface area (Å²) < 4.78 is 4.40. The first-order valence-electron chi connectivity index (χ1n) is 6.46. The Balaban J connectivity index is 2.62. The Morgan fingerprint density at radius 3 is 2.76 bits per heavy atom. The molecule has 0 amide bonds. The molecular weight excluding hydrogens is 216 g/mol. The number of carbonyl (C=O) groups excluding carboxylic acids is 1. The van der Waals surface area contributed by atoms with E-state index in [4.69, 9.17) is 0 Å². The third-order valence-electron chi connectivity index (χ3n) is 2.96. The smallest absolute Gasteiger partial charge is 0.256 e. The van der Waals surface area contributed by atoms with Crippen molar-refractivity contribution in [1.29, 1.82) is 0 Å². The van der Waals surface area contributed by atoms with Gasteiger partial charge in [0.15, 0.2) is 0 Å². The van der Waals surface area contributed by atoms with Gasteiger partial charge in [-0.15, -0.1) is 0 Å². The number of carboxylic acids is 1. The summed E-state index contributed by atoms with van der Waals surface area (Å²) in [5.74, 6) is 0.336. The SMILES string of the molecule is CCCCc1n(CC)cc[n+]1CCCC(=O)[O-]. The van der Waals surface area contributed by atoms with Crippen LogP contribution in [0.4, 0.5) is 0 Å². The number of unbranched alkanes of at least 4 members (excludes halogenated alkanes) is 1. The van der Waals surface area contributed by atoms with E-state index in [0.29, 0.717) is 6.42 Å². The van der Waals surface area contributed by atoms with Gasteiger partial charge in [0, 0.05) is 12.4 Å². The van der Waals surface area contributed by atoms with Gasteiger partial charge in [-0.2, -0.15) is 0 Å². The standard InChI is InChI=1S/C13H22N2O2/c1-3-5-7-12-14(4-2)10-11-15(12)9-6-8-13(16)17/h10-11H,3-9H2,1-2H3. The van der Waals surface area contributed by atoms with Crippen molar-refractivity contribution in [3.05, 3.63) is 18.2 Å². The average molecular weight is 238 g/mol. The van der Waals surface area contributed by atoms with Crippen molar-refractivity contribution in [2.45, 2.75) is 59.0 Å². The van der Waals surface area contributed by atoms with Crippen LogP contribution in [0.15, 0.2) is 12.4 Å². The number of carbonyl (C=O) groups is 1. The first-order valence-corrected chi connectivity index (χ1v) is 6.46. The predicted molar refractivity (Wildman–Crippen MR) is 63.2 cm³/mol. The van der Waals surface area contributed by atoms with Gasteiger partial charge in [0.05, 0.1) is 13.1 Å². The van der Waals surface area contributed by atoms with Crippen molar-refractivity contribution in [3.63, 3.8) is 0 Å². The van der Waals surface area contributed by atoms with Crippen LogP contribution in [0.25, 0.3) is 0 Å². The van der Waals surface area contributed by atoms with Crippen molar-refractivity contribution >= 4 is 5.97 Å². The largest absolute Gasteiger partial charge is 0.550 e. The second kappa shape index (κ2) is 7.09. The minimum Gasteiger partial charge on any atom is -0.550 e. The summed E-state index contributed by atoms with van der Waals surface area (Å²) in [6.07, 6.45) is 8.30. The molecule has 0 aliphatic heterocycles. The summed E-state index contributed by atoms with van der Waals surface area (Å²) in [5, 5.41) is 10.4. The van der Waals surface area contributed by atoms with Crippen molar-refractivity contribution in [2.24, 2.45) is 0 Å². The van der Waals surface area contributed by atoms with E-state index < -0.39 is 5.97 Å². The van der Waals surface area contributed by atoms with Crippen LogP contribution < -0.4 is 9.67 Å². The molecule has 1 heterocycles. The van der Waals surface area contributed by atoms with E-state index in [-0.39, 0.29) is 6.42 Å². The van der Waals surface area contributed by atoms with Crippen molar-refractivity contribution in [2.75, 3.05) is 0 Å². The maximum Gasteiger partial charge on any atom is 0.256 e. The molecule has 0 fully saturated rings. The van der Waals surface area contributed by atoms with Gasteiger partial charge in [-0.1, -0.05) is 13.3 Å². The number of imidazole rings is 1. The number of hydrogen-bond donors (Lipinski definition) is 0. The molecule has 0 unspecified atom stereocenters. The van der Waals surface area contributed by atoms with Gasteiger partial charge in [0.25, 0.3) is 5.82 Å². The number of aryl methyl sites for hydroxylation is 2. The lowest BCUT2D eigenvalue weighted by molar-refractivity contribution is -0.704. The summed E-state index contributed by atoms with van der Waals surface area (Å²) >= 11 is 0. The summed E-state index contributed by atoms with van der Waals surface area (Å²) in [6.45, 7) is 6.03. The van der Waals surface area contributed by atoms with Gasteiger partial charge in [-0.05, 0) is 26.2 Å². The molecule has 4 heteroatoms. The van der Waals surface area contributed by atoms with Gasteiger partial charge in [-0.3, -0.25) is 0 Å². The van der Waals surface area contributed by atoms with Gasteiger partial charge >= 0.3 is 0 Å². The molecule has 96 valence electrons. The van der Waals surface area contributed by atoms with E-state index in [1.165, 1.54) is 18.7 Å². The molecule has 0 bridgehead atoms. The quantitative estimate of drug-likeness (QED) is 0.625. The van der Waals surface area contributed by atoms with E-state index in [1.807, 2.05) is 6.20 Å². The molecule has 0 saturated heterocycles. The highest BCUT2D eigenvalue weighted by atomic mass is 16.4. The van der Waals surface area contributed by atoms with Crippen molar-refractivity contribution in [3.8, 4) is 0 Å². The second-order valence-electron chi connectivity index (χ2n) is 4.27. The van der Waals surface area contributed by atoms with Gasteiger partial charge < -0.3 is 9.90 Å². The monoisotopic (exact) mass is 238 g/mol. The highest BCUT2D eigenvalue weighted by molar-refractivity contribution is 5.63. The summed E-state index contributed by atoms with van der Waals surface area (Å²) in [7, 11) is 0. The Morgan fingerprint density at radius 2 is 2.18 bits per heavy atom. The highest BCUT2D eigenvalue weighted by Gasteiger charge is 2.14. The minimum absolute atomic E-state index is 0.136. The molecule has 4 nitrogen and oxygen atoms in total. The Morgan fingerprint density at radius 1 is 1.41 bits per heavy atom. The lowest BCUT2D eigenvalue weighted by Crippen LogP contribution is -2.38. The van der Waals surface area contributed by atoms with Crippen LogP contribution in [0.2, 0.25) is 0 Å². The second-order valence-corrected chi connectivity index (χ2v) is 4.27. The van der Waals surface area contributed by atoms with Crippen LogP contribution >= 0.6 is 0 Å². The molecule has 0 radical (unpaired) electrons. The molecule has 17 heavy (non-hydrogen) atoms. The number of aromatic nitrogens is 2. The predicted octanol–water partition coefficient (Wildman–Crippen LogP) is 0.668. The number of hydrogen-bond acceptors (Lipinski definition) is 2. The number of nitrogens with zero attached hydrogens (tertiary/aromatic N) is 2. The van der Waals surface area contributed by atoms with Gasteiger partial charge in [-0.25, -0.2) is 9.13 Å². The topological polar surface area (TPSA) is 48.9 Å². The molecule has 0 spiro atoms. The maximum atomic E-state index is 10.4. The molecule has 1 aromatic heterocycles. The first-order chi connectivity index (χ1) is 8.19. The molecule has 1 rings (SSSR count). The van der Waals surface area contributed by atoms with E-state index in [9.17, 15) is 9.90 Å². The van der Waals surface area contributed by atoms with E-state index >= 15 is 0 Å². The van der Waals surface area contributed by atoms with Gasteiger partial charge in [0.2, 0.25) is 0 Å². The zero-order valence-corrected chi connectivity index (χ0v) is 10.8. The van der Waals surface area contributed by atoms with E-state index in [0.717, 1.165) is 19.5 Å². The van der Waals surface area contributed by atoms with Gasteiger partial charge in [0.1, 0.15) is 12.4 Å². The lowest BCUT2D eigenvalue weighted by atomic mass is 10.2. The Hall–Kier alpha value is -1.32. The molecule has 1 aromatic rings. The fraction of sp³-hybridized carbons (Fsp3) is 0.692. The number of rotatable bonds is 8. The number of aliphatic carboxylic acids is 1.